The standard InChI is InChI=1S/C14H16N2O2/c1-18-14(17)12-6-8-16(9-7-12)13-4-2-11(10-15)3-5-13/h2-5,12H,6-9H2,1H3. The van der Waals surface area contributed by atoms with E-state index in [0.29, 0.717) is 5.56 Å². The Morgan fingerprint density at radius 3 is 2.44 bits per heavy atom. The first-order chi connectivity index (χ1) is 8.74. The molecule has 0 spiro atoms. The van der Waals surface area contributed by atoms with Crippen molar-refractivity contribution in [3.05, 3.63) is 29.8 Å². The zero-order valence-corrected chi connectivity index (χ0v) is 10.4. The summed E-state index contributed by atoms with van der Waals surface area (Å²) in [5.41, 5.74) is 1.78. The molecule has 0 amide bonds. The third-order valence-electron chi connectivity index (χ3n) is 3.39. The van der Waals surface area contributed by atoms with E-state index in [2.05, 4.69) is 11.0 Å². The second-order valence-electron chi connectivity index (χ2n) is 4.44. The van der Waals surface area contributed by atoms with Crippen molar-refractivity contribution in [2.45, 2.75) is 12.8 Å². The zero-order valence-electron chi connectivity index (χ0n) is 10.4. The average Bonchev–Trinajstić information content (AvgIpc) is 2.47. The number of hydrogen-bond donors (Lipinski definition) is 0. The van der Waals surface area contributed by atoms with E-state index in [9.17, 15) is 4.79 Å². The van der Waals surface area contributed by atoms with E-state index < -0.39 is 0 Å². The van der Waals surface area contributed by atoms with Crippen LogP contribution in [0.1, 0.15) is 18.4 Å². The van der Waals surface area contributed by atoms with E-state index in [0.717, 1.165) is 31.6 Å². The highest BCUT2D eigenvalue weighted by Crippen LogP contribution is 2.24. The molecule has 1 heterocycles. The summed E-state index contributed by atoms with van der Waals surface area (Å²) in [5.74, 6) is -0.0703. The Kier molecular flexibility index (Phi) is 3.83. The van der Waals surface area contributed by atoms with Crippen LogP contribution in [-0.2, 0) is 9.53 Å². The van der Waals surface area contributed by atoms with Crippen LogP contribution in [0.3, 0.4) is 0 Å². The fraction of sp³-hybridized carbons (Fsp3) is 0.429. The molecule has 1 aliphatic heterocycles. The Morgan fingerprint density at radius 1 is 1.33 bits per heavy atom. The van der Waals surface area contributed by atoms with Gasteiger partial charge in [0.2, 0.25) is 0 Å². The highest BCUT2D eigenvalue weighted by molar-refractivity contribution is 5.72. The molecule has 0 unspecified atom stereocenters. The average molecular weight is 244 g/mol. The normalized spacial score (nSPS) is 16.1. The molecule has 1 saturated heterocycles. The van der Waals surface area contributed by atoms with Gasteiger partial charge in [0.1, 0.15) is 0 Å². The fourth-order valence-corrected chi connectivity index (χ4v) is 2.29. The predicted molar refractivity (Wildman–Crippen MR) is 68.1 cm³/mol. The summed E-state index contributed by atoms with van der Waals surface area (Å²) in [6.07, 6.45) is 1.65. The Bertz CT molecular complexity index is 454. The Labute approximate surface area is 107 Å². The lowest BCUT2D eigenvalue weighted by molar-refractivity contribution is -0.146. The fourth-order valence-electron chi connectivity index (χ4n) is 2.29. The van der Waals surface area contributed by atoms with Crippen LogP contribution in [-0.4, -0.2) is 26.2 Å². The maximum Gasteiger partial charge on any atom is 0.308 e. The van der Waals surface area contributed by atoms with Crippen LogP contribution >= 0.6 is 0 Å². The van der Waals surface area contributed by atoms with Crippen LogP contribution in [0.5, 0.6) is 0 Å². The summed E-state index contributed by atoms with van der Waals surface area (Å²) in [5, 5.41) is 8.75. The van der Waals surface area contributed by atoms with Crippen LogP contribution < -0.4 is 4.90 Å². The molecule has 0 aromatic heterocycles. The summed E-state index contributed by atoms with van der Waals surface area (Å²) in [4.78, 5) is 13.7. The third-order valence-corrected chi connectivity index (χ3v) is 3.39. The first-order valence-electron chi connectivity index (χ1n) is 6.07. The smallest absolute Gasteiger partial charge is 0.308 e. The van der Waals surface area contributed by atoms with Gasteiger partial charge in [0.15, 0.2) is 0 Å². The van der Waals surface area contributed by atoms with Crippen molar-refractivity contribution in [1.29, 1.82) is 5.26 Å². The second kappa shape index (κ2) is 5.54. The molecule has 4 nitrogen and oxygen atoms in total. The van der Waals surface area contributed by atoms with Gasteiger partial charge in [-0.3, -0.25) is 4.79 Å². The lowest BCUT2D eigenvalue weighted by Crippen LogP contribution is -2.36. The van der Waals surface area contributed by atoms with Crippen molar-refractivity contribution in [1.82, 2.24) is 0 Å². The number of carbonyl (C=O) groups excluding carboxylic acids is 1. The molecule has 1 aromatic carbocycles. The number of methoxy groups -OCH3 is 1. The first-order valence-corrected chi connectivity index (χ1v) is 6.07. The van der Waals surface area contributed by atoms with Crippen molar-refractivity contribution in [3.63, 3.8) is 0 Å². The van der Waals surface area contributed by atoms with E-state index in [4.69, 9.17) is 10.00 Å². The van der Waals surface area contributed by atoms with Gasteiger partial charge in [-0.05, 0) is 37.1 Å². The number of rotatable bonds is 2. The van der Waals surface area contributed by atoms with E-state index in [1.54, 1.807) is 0 Å². The van der Waals surface area contributed by atoms with Crippen molar-refractivity contribution >= 4 is 11.7 Å². The van der Waals surface area contributed by atoms with Crippen LogP contribution in [0.25, 0.3) is 0 Å². The molecule has 1 aliphatic rings. The van der Waals surface area contributed by atoms with Gasteiger partial charge >= 0.3 is 5.97 Å². The van der Waals surface area contributed by atoms with E-state index >= 15 is 0 Å². The van der Waals surface area contributed by atoms with E-state index in [1.165, 1.54) is 7.11 Å². The van der Waals surface area contributed by atoms with Crippen LogP contribution in [0.15, 0.2) is 24.3 Å². The van der Waals surface area contributed by atoms with Crippen LogP contribution in [0, 0.1) is 17.2 Å². The van der Waals surface area contributed by atoms with Crippen LogP contribution in [0.2, 0.25) is 0 Å². The monoisotopic (exact) mass is 244 g/mol. The highest BCUT2D eigenvalue weighted by Gasteiger charge is 2.25. The summed E-state index contributed by atoms with van der Waals surface area (Å²) in [7, 11) is 1.44. The van der Waals surface area contributed by atoms with E-state index in [-0.39, 0.29) is 11.9 Å². The number of ether oxygens (including phenoxy) is 1. The molecule has 0 radical (unpaired) electrons. The largest absolute Gasteiger partial charge is 0.469 e. The van der Waals surface area contributed by atoms with Crippen LogP contribution in [0.4, 0.5) is 5.69 Å². The van der Waals surface area contributed by atoms with E-state index in [1.807, 2.05) is 24.3 Å². The number of carbonyl (C=O) groups is 1. The first kappa shape index (κ1) is 12.4. The second-order valence-corrected chi connectivity index (χ2v) is 4.44. The summed E-state index contributed by atoms with van der Waals surface area (Å²) in [6.45, 7) is 1.71. The summed E-state index contributed by atoms with van der Waals surface area (Å²) >= 11 is 0. The molecule has 1 aromatic rings. The van der Waals surface area contributed by atoms with Crippen molar-refractivity contribution in [2.24, 2.45) is 5.92 Å². The molecular weight excluding hydrogens is 228 g/mol. The van der Waals surface area contributed by atoms with Gasteiger partial charge in [-0.25, -0.2) is 0 Å². The lowest BCUT2D eigenvalue weighted by atomic mass is 9.96. The van der Waals surface area contributed by atoms with Gasteiger partial charge in [0.25, 0.3) is 0 Å². The lowest BCUT2D eigenvalue weighted by Gasteiger charge is -2.32. The molecule has 2 rings (SSSR count). The quantitative estimate of drug-likeness (QED) is 0.746. The Hall–Kier alpha value is -2.02. The Balaban J connectivity index is 1.97. The third kappa shape index (κ3) is 2.62. The number of esters is 1. The minimum absolute atomic E-state index is 0.0321. The maximum absolute atomic E-state index is 11.4. The number of piperidine rings is 1. The minimum atomic E-state index is -0.102. The predicted octanol–water partition coefficient (Wildman–Crippen LogP) is 1.95. The van der Waals surface area contributed by atoms with Crippen molar-refractivity contribution < 1.29 is 9.53 Å². The van der Waals surface area contributed by atoms with Gasteiger partial charge in [-0.2, -0.15) is 5.26 Å². The molecule has 0 N–H and O–H groups in total. The van der Waals surface area contributed by atoms with Gasteiger partial charge in [0.05, 0.1) is 24.7 Å². The summed E-state index contributed by atoms with van der Waals surface area (Å²) < 4.78 is 4.77. The highest BCUT2D eigenvalue weighted by atomic mass is 16.5. The molecule has 0 aliphatic carbocycles. The van der Waals surface area contributed by atoms with Gasteiger partial charge < -0.3 is 9.64 Å². The molecule has 94 valence electrons. The number of benzene rings is 1. The number of nitriles is 1. The maximum atomic E-state index is 11.4. The number of nitrogens with zero attached hydrogens (tertiary/aromatic N) is 2. The Morgan fingerprint density at radius 2 is 1.94 bits per heavy atom. The topological polar surface area (TPSA) is 53.3 Å². The molecule has 1 fully saturated rings. The van der Waals surface area contributed by atoms with Crippen molar-refractivity contribution in [3.8, 4) is 6.07 Å². The minimum Gasteiger partial charge on any atom is -0.469 e. The zero-order chi connectivity index (χ0) is 13.0. The number of anilines is 1. The molecule has 18 heavy (non-hydrogen) atoms. The molecule has 0 saturated carbocycles. The van der Waals surface area contributed by atoms with Crippen molar-refractivity contribution in [2.75, 3.05) is 25.1 Å². The molecular formula is C14H16N2O2. The molecule has 4 heteroatoms. The van der Waals surface area contributed by atoms with Gasteiger partial charge in [0, 0.05) is 18.8 Å². The summed E-state index contributed by atoms with van der Waals surface area (Å²) in [6, 6.07) is 9.66. The SMILES string of the molecule is COC(=O)C1CCN(c2ccc(C#N)cc2)CC1. The van der Waals surface area contributed by atoms with Gasteiger partial charge in [-0.1, -0.05) is 0 Å². The molecule has 0 atom stereocenters. The number of hydrogen-bond acceptors (Lipinski definition) is 4. The van der Waals surface area contributed by atoms with Gasteiger partial charge in [-0.15, -0.1) is 0 Å². The molecule has 0 bridgehead atoms.